The van der Waals surface area contributed by atoms with Crippen molar-refractivity contribution in [1.82, 2.24) is 51.0 Å². The second-order valence-electron chi connectivity index (χ2n) is 29.6. The van der Waals surface area contributed by atoms with Crippen LogP contribution in [0.3, 0.4) is 0 Å². The van der Waals surface area contributed by atoms with E-state index in [2.05, 4.69) is 96.4 Å². The van der Waals surface area contributed by atoms with E-state index < -0.39 is 0 Å². The summed E-state index contributed by atoms with van der Waals surface area (Å²) in [5.74, 6) is 5.61. The maximum Gasteiger partial charge on any atom is 0.224 e. The molecular formula is C95H103FN12O10. The molecule has 0 fully saturated rings. The van der Waals surface area contributed by atoms with E-state index in [1.807, 2.05) is 188 Å². The first-order valence-electron chi connectivity index (χ1n) is 38.9. The van der Waals surface area contributed by atoms with Crippen molar-refractivity contribution >= 4 is 104 Å². The number of amides is 4. The zero-order valence-electron chi connectivity index (χ0n) is 69.7. The van der Waals surface area contributed by atoms with Crippen molar-refractivity contribution in [1.29, 1.82) is 0 Å². The summed E-state index contributed by atoms with van der Waals surface area (Å²) >= 11 is 0. The quantitative estimate of drug-likeness (QED) is 0.0374. The zero-order chi connectivity index (χ0) is 84.1. The second kappa shape index (κ2) is 40.4. The monoisotopic (exact) mass is 1590 g/mol. The van der Waals surface area contributed by atoms with Crippen LogP contribution in [-0.2, 0) is 32.3 Å². The van der Waals surface area contributed by atoms with E-state index in [4.69, 9.17) is 27.5 Å². The number of carbonyl (C=O) groups excluding carboxylic acids is 4. The van der Waals surface area contributed by atoms with Gasteiger partial charge in [0.2, 0.25) is 29.6 Å². The van der Waals surface area contributed by atoms with E-state index in [1.165, 1.54) is 12.1 Å². The molecule has 0 aliphatic heterocycles. The van der Waals surface area contributed by atoms with Crippen LogP contribution in [0.15, 0.2) is 219 Å². The van der Waals surface area contributed by atoms with Gasteiger partial charge >= 0.3 is 0 Å². The Labute approximate surface area is 689 Å². The number of nitrogens with one attached hydrogen (secondary N) is 4. The number of furan rings is 3. The maximum atomic E-state index is 13.8. The molecule has 0 atom stereocenters. The number of halogens is 1. The lowest BCUT2D eigenvalue weighted by molar-refractivity contribution is -0.121. The standard InChI is InChI=1S/C26H27N3O3.C25H26N4O3.C23H27N3O2.C21H23FN2O2/c1-17-22(12-18-7-10-25(27-15-18)29(2)3)21-9-8-19(31-4)13-24(21)23(17)14-26(30)28-16-20-6-5-11-32-20;1-16-21(10-17-13-27-25(28-14-17)29(2)3)20-8-7-18(31-4)11-23(20)22(16)12-24(30)26-15-19-6-5-9-32-19;1-16-20(13-17-7-9-24-10-8-17)19-6-5-18(28-4)14-22(19)21(16)15-23(27)25-11-12-26(2)3;1-14-18(12-16-5-4-10-26-16)17-7-6-15(22)11-20(17)19(14)13-21(25)23-8-9-24(2)3/h5-13,15H,14,16H2,1-4H3,(H,28,30);5-11,13-14H,12,15H2,1-4H3,(H,26,30);5-10,13-14H,11-12,15H2,1-4H3,(H,25,27);4-7,10-12H,8-9,13H2,1-3H3,(H,23,25)/b22-12-;21-10-;20-13-;18-12-. The summed E-state index contributed by atoms with van der Waals surface area (Å²) in [4.78, 5) is 75.6. The van der Waals surface area contributed by atoms with E-state index in [0.29, 0.717) is 38.5 Å². The fourth-order valence-electron chi connectivity index (χ4n) is 14.1. The van der Waals surface area contributed by atoms with Gasteiger partial charge in [-0.3, -0.25) is 24.2 Å². The number of aromatic nitrogens is 4. The summed E-state index contributed by atoms with van der Waals surface area (Å²) in [7, 11) is 20.6. The molecule has 6 aromatic heterocycles. The lowest BCUT2D eigenvalue weighted by atomic mass is 10.0. The Morgan fingerprint density at radius 3 is 1.18 bits per heavy atom. The summed E-state index contributed by atoms with van der Waals surface area (Å²) < 4.78 is 46.1. The molecule has 610 valence electrons. The summed E-state index contributed by atoms with van der Waals surface area (Å²) in [6.07, 6.45) is 23.3. The van der Waals surface area contributed by atoms with Crippen molar-refractivity contribution < 1.29 is 51.0 Å². The number of ether oxygens (including phenoxy) is 3. The largest absolute Gasteiger partial charge is 0.497 e. The van der Waals surface area contributed by atoms with Gasteiger partial charge in [0.05, 0.1) is 78.9 Å². The van der Waals surface area contributed by atoms with Crippen molar-refractivity contribution in [3.8, 4) is 17.2 Å². The summed E-state index contributed by atoms with van der Waals surface area (Å²) in [6, 6.07) is 41.7. The van der Waals surface area contributed by atoms with Crippen LogP contribution < -0.4 is 45.3 Å². The minimum absolute atomic E-state index is 0.0372. The number of anilines is 2. The van der Waals surface area contributed by atoms with Gasteiger partial charge in [-0.15, -0.1) is 0 Å². The first-order chi connectivity index (χ1) is 56.9. The molecule has 14 rings (SSSR count). The molecule has 4 aliphatic carbocycles. The molecule has 23 heteroatoms. The number of rotatable bonds is 27. The van der Waals surface area contributed by atoms with Crippen LogP contribution in [0, 0.1) is 5.82 Å². The average molecular weight is 1590 g/mol. The fraction of sp³-hybridized carbons (Fsp3) is 0.263. The first kappa shape index (κ1) is 85.6. The van der Waals surface area contributed by atoms with Gasteiger partial charge in [0.1, 0.15) is 46.2 Å². The highest BCUT2D eigenvalue weighted by Crippen LogP contribution is 2.49. The molecular weight excluding hydrogens is 1490 g/mol. The van der Waals surface area contributed by atoms with Crippen molar-refractivity contribution in [3.05, 3.63) is 290 Å². The Bertz CT molecular complexity index is 5290. The van der Waals surface area contributed by atoms with Gasteiger partial charge in [-0.2, -0.15) is 0 Å². The third-order valence-electron chi connectivity index (χ3n) is 20.5. The highest BCUT2D eigenvalue weighted by Gasteiger charge is 2.31. The molecule has 0 unspecified atom stereocenters. The van der Waals surface area contributed by atoms with Crippen molar-refractivity contribution in [3.63, 3.8) is 0 Å². The van der Waals surface area contributed by atoms with E-state index in [9.17, 15) is 23.6 Å². The number of allylic oxidation sites excluding steroid dienone is 8. The van der Waals surface area contributed by atoms with Gasteiger partial charge in [-0.1, -0.05) is 24.3 Å². The molecule has 118 heavy (non-hydrogen) atoms. The number of likely N-dealkylation sites (N-methyl/N-ethyl adjacent to an activating group) is 2. The summed E-state index contributed by atoms with van der Waals surface area (Å²) in [6.45, 7) is 11.7. The zero-order valence-corrected chi connectivity index (χ0v) is 69.7. The predicted molar refractivity (Wildman–Crippen MR) is 468 cm³/mol. The molecule has 0 saturated heterocycles. The number of nitrogens with zero attached hydrogens (tertiary/aromatic N) is 8. The van der Waals surface area contributed by atoms with Crippen molar-refractivity contribution in [2.45, 2.75) is 66.5 Å². The minimum atomic E-state index is -0.304. The van der Waals surface area contributed by atoms with Crippen molar-refractivity contribution in [2.75, 3.05) is 114 Å². The smallest absolute Gasteiger partial charge is 0.224 e. The van der Waals surface area contributed by atoms with Gasteiger partial charge in [-0.25, -0.2) is 19.3 Å². The number of pyridine rings is 2. The molecule has 0 saturated carbocycles. The van der Waals surface area contributed by atoms with Gasteiger partial charge in [-0.05, 0) is 312 Å². The predicted octanol–water partition coefficient (Wildman–Crippen LogP) is 16.3. The molecule has 22 nitrogen and oxygen atoms in total. The SMILES string of the molecule is CC1=C(CC(=O)NCCN(C)C)c2cc(F)ccc2/C1=C\c1ccco1.COc1ccc2c(c1)C(CC(=O)NCCN(C)C)=C(C)/C2=C/c1ccncc1.COc1ccc2c(c1)C(CC(=O)NCc1ccco1)=C(C)/C2=C/c1ccc(N(C)C)nc1.COc1ccc2c(c1)C(CC(=O)NCc1ccco1)=C(C)/C2=C/c1cnc(N(C)C)nc1. The minimum Gasteiger partial charge on any atom is -0.497 e. The third-order valence-corrected chi connectivity index (χ3v) is 20.5. The number of carbonyl (C=O) groups is 4. The van der Waals surface area contributed by atoms with Crippen LogP contribution in [0.4, 0.5) is 16.2 Å². The van der Waals surface area contributed by atoms with E-state index in [0.717, 1.165) is 182 Å². The summed E-state index contributed by atoms with van der Waals surface area (Å²) in [5.41, 5.74) is 23.5. The van der Waals surface area contributed by atoms with Crippen LogP contribution >= 0.6 is 0 Å². The van der Waals surface area contributed by atoms with Crippen LogP contribution in [0.2, 0.25) is 0 Å². The van der Waals surface area contributed by atoms with Crippen LogP contribution in [0.5, 0.6) is 17.2 Å². The van der Waals surface area contributed by atoms with Crippen LogP contribution in [0.25, 0.3) is 68.9 Å². The fourth-order valence-corrected chi connectivity index (χ4v) is 14.1. The van der Waals surface area contributed by atoms with Crippen molar-refractivity contribution in [2.24, 2.45) is 0 Å². The molecule has 0 spiro atoms. The van der Waals surface area contributed by atoms with Gasteiger partial charge in [0.15, 0.2) is 0 Å². The average Bonchev–Trinajstić information content (AvgIpc) is 1.64. The van der Waals surface area contributed by atoms with Gasteiger partial charge in [0.25, 0.3) is 0 Å². The Morgan fingerprint density at radius 1 is 0.407 bits per heavy atom. The summed E-state index contributed by atoms with van der Waals surface area (Å²) in [5, 5.41) is 11.8. The highest BCUT2D eigenvalue weighted by molar-refractivity contribution is 6.12. The normalized spacial score (nSPS) is 14.3. The Balaban J connectivity index is 0.000000155. The number of methoxy groups -OCH3 is 3. The Hall–Kier alpha value is -13.3. The Morgan fingerprint density at radius 2 is 0.797 bits per heavy atom. The highest BCUT2D eigenvalue weighted by atomic mass is 19.1. The lowest BCUT2D eigenvalue weighted by Crippen LogP contribution is -2.31. The molecule has 0 bridgehead atoms. The molecule has 0 radical (unpaired) electrons. The van der Waals surface area contributed by atoms with E-state index in [1.54, 1.807) is 77.0 Å². The van der Waals surface area contributed by atoms with Gasteiger partial charge < -0.3 is 68.3 Å². The molecule has 4 aromatic carbocycles. The topological polar surface area (TPSA) is 248 Å². The molecule has 4 N–H and O–H groups in total. The molecule has 4 amide bonds. The number of benzene rings is 4. The third kappa shape index (κ3) is 22.0. The second-order valence-corrected chi connectivity index (χ2v) is 29.6. The molecule has 4 aliphatic rings. The van der Waals surface area contributed by atoms with Crippen LogP contribution in [0.1, 0.15) is 132 Å². The van der Waals surface area contributed by atoms with E-state index >= 15 is 0 Å². The molecule has 10 aromatic rings. The first-order valence-corrected chi connectivity index (χ1v) is 38.9. The number of hydrogen-bond donors (Lipinski definition) is 4. The number of fused-ring (bicyclic) bond motifs is 4. The lowest BCUT2D eigenvalue weighted by Gasteiger charge is -2.12. The molecule has 6 heterocycles. The van der Waals surface area contributed by atoms with E-state index in [-0.39, 0.29) is 48.7 Å². The van der Waals surface area contributed by atoms with Gasteiger partial charge in [0, 0.05) is 90.9 Å². The number of hydrogen-bond acceptors (Lipinski definition) is 18. The maximum absolute atomic E-state index is 13.8. The Kier molecular flexibility index (Phi) is 29.3. The van der Waals surface area contributed by atoms with Crippen LogP contribution in [-0.4, -0.2) is 157 Å².